The maximum absolute atomic E-state index is 12.7. The second-order valence-electron chi connectivity index (χ2n) is 6.32. The normalized spacial score (nSPS) is 20.0. The summed E-state index contributed by atoms with van der Waals surface area (Å²) in [5, 5.41) is 3.07. The Kier molecular flexibility index (Phi) is 4.53. The maximum atomic E-state index is 12.7. The van der Waals surface area contributed by atoms with Crippen molar-refractivity contribution in [2.45, 2.75) is 25.5 Å². The highest BCUT2D eigenvalue weighted by molar-refractivity contribution is 5.97. The summed E-state index contributed by atoms with van der Waals surface area (Å²) in [7, 11) is 0. The third kappa shape index (κ3) is 3.52. The number of aromatic amines is 1. The van der Waals surface area contributed by atoms with Gasteiger partial charge in [0.05, 0.1) is 23.7 Å². The van der Waals surface area contributed by atoms with Crippen LogP contribution < -0.4 is 10.1 Å². The predicted molar refractivity (Wildman–Crippen MR) is 96.2 cm³/mol. The molecule has 0 aliphatic carbocycles. The lowest BCUT2D eigenvalue weighted by atomic mass is 10.0. The predicted octanol–water partition coefficient (Wildman–Crippen LogP) is 2.23. The Hall–Kier alpha value is -2.93. The molecule has 1 saturated heterocycles. The summed E-state index contributed by atoms with van der Waals surface area (Å²) in [6.45, 7) is 2.90. The number of pyridine rings is 1. The highest BCUT2D eigenvalue weighted by Crippen LogP contribution is 2.17. The summed E-state index contributed by atoms with van der Waals surface area (Å²) in [6, 6.07) is 10.8. The second kappa shape index (κ2) is 7.13. The van der Waals surface area contributed by atoms with E-state index in [0.717, 1.165) is 16.9 Å². The van der Waals surface area contributed by atoms with Crippen LogP contribution in [0.15, 0.2) is 42.6 Å². The summed E-state index contributed by atoms with van der Waals surface area (Å²) >= 11 is 0. The van der Waals surface area contributed by atoms with Gasteiger partial charge < -0.3 is 19.8 Å². The first-order valence-corrected chi connectivity index (χ1v) is 8.62. The molecule has 2 aromatic heterocycles. The van der Waals surface area contributed by atoms with Gasteiger partial charge in [-0.1, -0.05) is 6.07 Å². The monoisotopic (exact) mass is 352 g/mol. The van der Waals surface area contributed by atoms with Crippen LogP contribution in [0.3, 0.4) is 0 Å². The Morgan fingerprint density at radius 1 is 1.35 bits per heavy atom. The first-order valence-electron chi connectivity index (χ1n) is 8.62. The molecule has 3 aromatic rings. The lowest BCUT2D eigenvalue weighted by Gasteiger charge is -2.32. The van der Waals surface area contributed by atoms with E-state index < -0.39 is 0 Å². The molecule has 1 fully saturated rings. The highest BCUT2D eigenvalue weighted by atomic mass is 16.5. The van der Waals surface area contributed by atoms with Crippen molar-refractivity contribution >= 4 is 16.9 Å². The van der Waals surface area contributed by atoms with E-state index in [4.69, 9.17) is 9.47 Å². The van der Waals surface area contributed by atoms with Gasteiger partial charge in [-0.25, -0.2) is 9.97 Å². The van der Waals surface area contributed by atoms with Crippen LogP contribution in [0.5, 0.6) is 5.88 Å². The van der Waals surface area contributed by atoms with E-state index in [-0.39, 0.29) is 18.1 Å². The van der Waals surface area contributed by atoms with E-state index in [1.807, 2.05) is 31.2 Å². The van der Waals surface area contributed by atoms with Crippen molar-refractivity contribution in [2.24, 2.45) is 0 Å². The van der Waals surface area contributed by atoms with Crippen LogP contribution >= 0.6 is 0 Å². The topological polar surface area (TPSA) is 89.1 Å². The van der Waals surface area contributed by atoms with Crippen LogP contribution in [0.1, 0.15) is 22.6 Å². The van der Waals surface area contributed by atoms with Crippen LogP contribution in [0.25, 0.3) is 11.0 Å². The Morgan fingerprint density at radius 3 is 3.12 bits per heavy atom. The van der Waals surface area contributed by atoms with Crippen molar-refractivity contribution in [1.82, 2.24) is 20.3 Å². The number of imidazole rings is 1. The Labute approximate surface area is 150 Å². The van der Waals surface area contributed by atoms with Gasteiger partial charge in [-0.15, -0.1) is 0 Å². The number of amides is 1. The number of rotatable bonds is 4. The quantitative estimate of drug-likeness (QED) is 0.752. The molecule has 1 aromatic carbocycles. The fourth-order valence-electron chi connectivity index (χ4n) is 3.10. The molecule has 7 heteroatoms. The zero-order chi connectivity index (χ0) is 17.9. The fraction of sp³-hybridized carbons (Fsp3) is 0.316. The first kappa shape index (κ1) is 16.5. The number of H-pyrrole nitrogens is 1. The Bertz CT molecular complexity index is 910. The van der Waals surface area contributed by atoms with Gasteiger partial charge in [0.15, 0.2) is 0 Å². The zero-order valence-corrected chi connectivity index (χ0v) is 14.4. The third-order valence-electron chi connectivity index (χ3n) is 4.39. The van der Waals surface area contributed by atoms with E-state index in [1.165, 1.54) is 0 Å². The molecule has 4 rings (SSSR count). The van der Waals surface area contributed by atoms with Gasteiger partial charge >= 0.3 is 0 Å². The molecule has 26 heavy (non-hydrogen) atoms. The van der Waals surface area contributed by atoms with E-state index in [9.17, 15) is 4.79 Å². The molecule has 0 bridgehead atoms. The Balaban J connectivity index is 1.48. The summed E-state index contributed by atoms with van der Waals surface area (Å²) in [5.74, 6) is 1.21. The number of nitrogens with zero attached hydrogens (tertiary/aromatic N) is 2. The standard InChI is InChI=1S/C19H20N4O3/c1-12-21-14-6-5-13(10-16(14)22-12)19(24)23-15-7-9-25-11-17(15)26-18-4-2-3-8-20-18/h2-6,8,10,15,17H,7,9,11H2,1H3,(H,21,22)(H,23,24)/t15-,17-/m1/s1. The number of hydrogen-bond donors (Lipinski definition) is 2. The zero-order valence-electron chi connectivity index (χ0n) is 14.4. The molecular weight excluding hydrogens is 332 g/mol. The molecule has 0 radical (unpaired) electrons. The van der Waals surface area contributed by atoms with Gasteiger partial charge in [-0.05, 0) is 37.6 Å². The van der Waals surface area contributed by atoms with Gasteiger partial charge in [-0.3, -0.25) is 4.79 Å². The molecule has 7 nitrogen and oxygen atoms in total. The summed E-state index contributed by atoms with van der Waals surface area (Å²) in [4.78, 5) is 24.4. The van der Waals surface area contributed by atoms with Crippen molar-refractivity contribution in [1.29, 1.82) is 0 Å². The number of benzene rings is 1. The number of hydrogen-bond acceptors (Lipinski definition) is 5. The maximum Gasteiger partial charge on any atom is 0.251 e. The average Bonchev–Trinajstić information content (AvgIpc) is 3.03. The molecule has 134 valence electrons. The highest BCUT2D eigenvalue weighted by Gasteiger charge is 2.29. The summed E-state index contributed by atoms with van der Waals surface area (Å²) in [6.07, 6.45) is 2.09. The smallest absolute Gasteiger partial charge is 0.251 e. The lowest BCUT2D eigenvalue weighted by Crippen LogP contribution is -2.51. The molecule has 0 spiro atoms. The molecule has 2 atom stereocenters. The van der Waals surface area contributed by atoms with Crippen LogP contribution in [-0.4, -0.2) is 46.2 Å². The molecule has 2 N–H and O–H groups in total. The largest absolute Gasteiger partial charge is 0.470 e. The molecule has 1 aliphatic rings. The van der Waals surface area contributed by atoms with Crippen molar-refractivity contribution in [2.75, 3.05) is 13.2 Å². The minimum absolute atomic E-state index is 0.138. The average molecular weight is 352 g/mol. The third-order valence-corrected chi connectivity index (χ3v) is 4.39. The van der Waals surface area contributed by atoms with Crippen LogP contribution in [0.4, 0.5) is 0 Å². The van der Waals surface area contributed by atoms with Gasteiger partial charge in [0.2, 0.25) is 5.88 Å². The van der Waals surface area contributed by atoms with Crippen LogP contribution in [0.2, 0.25) is 0 Å². The molecule has 0 unspecified atom stereocenters. The fourth-order valence-corrected chi connectivity index (χ4v) is 3.10. The van der Waals surface area contributed by atoms with Gasteiger partial charge in [0, 0.05) is 24.4 Å². The molecule has 1 aliphatic heterocycles. The van der Waals surface area contributed by atoms with Crippen molar-refractivity contribution in [3.05, 3.63) is 54.0 Å². The number of carbonyl (C=O) groups excluding carboxylic acids is 1. The van der Waals surface area contributed by atoms with Gasteiger partial charge in [0.1, 0.15) is 11.9 Å². The van der Waals surface area contributed by atoms with Crippen molar-refractivity contribution < 1.29 is 14.3 Å². The lowest BCUT2D eigenvalue weighted by molar-refractivity contribution is -0.0152. The van der Waals surface area contributed by atoms with Crippen LogP contribution in [-0.2, 0) is 4.74 Å². The number of carbonyl (C=O) groups is 1. The van der Waals surface area contributed by atoms with Crippen molar-refractivity contribution in [3.8, 4) is 5.88 Å². The van der Waals surface area contributed by atoms with Crippen LogP contribution in [0, 0.1) is 6.92 Å². The minimum atomic E-state index is -0.277. The van der Waals surface area contributed by atoms with E-state index in [2.05, 4.69) is 20.3 Å². The number of nitrogens with one attached hydrogen (secondary N) is 2. The summed E-state index contributed by atoms with van der Waals surface area (Å²) < 4.78 is 11.4. The van der Waals surface area contributed by atoms with Gasteiger partial charge in [0.25, 0.3) is 5.91 Å². The number of fused-ring (bicyclic) bond motifs is 1. The summed E-state index contributed by atoms with van der Waals surface area (Å²) in [5.41, 5.74) is 2.29. The van der Waals surface area contributed by atoms with E-state index in [1.54, 1.807) is 18.3 Å². The van der Waals surface area contributed by atoms with Crippen molar-refractivity contribution in [3.63, 3.8) is 0 Å². The first-order chi connectivity index (χ1) is 12.7. The second-order valence-corrected chi connectivity index (χ2v) is 6.32. The molecule has 0 saturated carbocycles. The molecular formula is C19H20N4O3. The number of ether oxygens (including phenoxy) is 2. The minimum Gasteiger partial charge on any atom is -0.470 e. The van der Waals surface area contributed by atoms with Gasteiger partial charge in [-0.2, -0.15) is 0 Å². The Morgan fingerprint density at radius 2 is 2.27 bits per heavy atom. The number of aryl methyl sites for hydroxylation is 1. The number of aromatic nitrogens is 3. The molecule has 1 amide bonds. The van der Waals surface area contributed by atoms with E-state index in [0.29, 0.717) is 31.1 Å². The van der Waals surface area contributed by atoms with E-state index >= 15 is 0 Å². The SMILES string of the molecule is Cc1nc2ccc(C(=O)N[C@@H]3CCOC[C@H]3Oc3ccccn3)cc2[nH]1. The molecule has 3 heterocycles.